The normalized spacial score (nSPS) is 17.3. The standard InChI is InChI=1S/C21H24ClN3O4S/c22-18-11-4-5-12-19(18)24-21(27)20(26)23-14-13-16-8-6-7-15-25(16)30(28,29)17-9-2-1-3-10-17/h1-5,9-12,16H,6-8,13-15H2,(H,23,26)(H,24,27)/t16-/m1/s1. The number of hydrogen-bond donors (Lipinski definition) is 2. The van der Waals surface area contributed by atoms with Crippen molar-refractivity contribution in [2.75, 3.05) is 18.4 Å². The van der Waals surface area contributed by atoms with Gasteiger partial charge in [-0.1, -0.05) is 48.4 Å². The fraction of sp³-hybridized carbons (Fsp3) is 0.333. The Hall–Kier alpha value is -2.42. The average Bonchev–Trinajstić information content (AvgIpc) is 2.76. The topological polar surface area (TPSA) is 95.6 Å². The summed E-state index contributed by atoms with van der Waals surface area (Å²) in [5, 5.41) is 5.37. The maximum atomic E-state index is 13.0. The molecule has 1 atom stereocenters. The molecule has 0 spiro atoms. The molecule has 160 valence electrons. The summed E-state index contributed by atoms with van der Waals surface area (Å²) in [6.45, 7) is 0.642. The van der Waals surface area contributed by atoms with Crippen LogP contribution in [0.25, 0.3) is 0 Å². The van der Waals surface area contributed by atoms with Crippen molar-refractivity contribution in [2.45, 2.75) is 36.6 Å². The number of para-hydroxylation sites is 1. The summed E-state index contributed by atoms with van der Waals surface area (Å²) in [5.41, 5.74) is 0.353. The van der Waals surface area contributed by atoms with Crippen LogP contribution in [0.5, 0.6) is 0 Å². The van der Waals surface area contributed by atoms with Crippen LogP contribution in [0.2, 0.25) is 5.02 Å². The molecule has 0 aromatic heterocycles. The zero-order chi connectivity index (χ0) is 21.6. The first kappa shape index (κ1) is 22.3. The van der Waals surface area contributed by atoms with Gasteiger partial charge in [-0.25, -0.2) is 8.42 Å². The molecule has 1 heterocycles. The van der Waals surface area contributed by atoms with Crippen molar-refractivity contribution in [3.05, 3.63) is 59.6 Å². The quantitative estimate of drug-likeness (QED) is 0.662. The molecule has 0 aliphatic carbocycles. The van der Waals surface area contributed by atoms with Crippen LogP contribution in [0.4, 0.5) is 5.69 Å². The molecule has 1 aliphatic rings. The number of carbonyl (C=O) groups is 2. The van der Waals surface area contributed by atoms with Gasteiger partial charge >= 0.3 is 11.8 Å². The predicted molar refractivity (Wildman–Crippen MR) is 116 cm³/mol. The molecule has 7 nitrogen and oxygen atoms in total. The van der Waals surface area contributed by atoms with Gasteiger partial charge in [0.1, 0.15) is 0 Å². The largest absolute Gasteiger partial charge is 0.348 e. The number of anilines is 1. The van der Waals surface area contributed by atoms with Crippen molar-refractivity contribution in [1.82, 2.24) is 9.62 Å². The molecule has 2 aromatic carbocycles. The lowest BCUT2D eigenvalue weighted by Gasteiger charge is -2.34. The molecule has 2 N–H and O–H groups in total. The molecule has 2 aromatic rings. The van der Waals surface area contributed by atoms with Crippen LogP contribution in [-0.4, -0.2) is 43.7 Å². The minimum atomic E-state index is -3.60. The summed E-state index contributed by atoms with van der Waals surface area (Å²) in [6.07, 6.45) is 2.87. The third-order valence-corrected chi connectivity index (χ3v) is 7.31. The first-order valence-electron chi connectivity index (χ1n) is 9.80. The van der Waals surface area contributed by atoms with Crippen LogP contribution in [0.3, 0.4) is 0 Å². The molecule has 30 heavy (non-hydrogen) atoms. The van der Waals surface area contributed by atoms with Gasteiger partial charge in [0.15, 0.2) is 0 Å². The lowest BCUT2D eigenvalue weighted by atomic mass is 10.0. The lowest BCUT2D eigenvalue weighted by molar-refractivity contribution is -0.136. The minimum Gasteiger partial charge on any atom is -0.348 e. The summed E-state index contributed by atoms with van der Waals surface area (Å²) in [5.74, 6) is -1.61. The van der Waals surface area contributed by atoms with Gasteiger partial charge in [0, 0.05) is 19.1 Å². The van der Waals surface area contributed by atoms with E-state index >= 15 is 0 Å². The van der Waals surface area contributed by atoms with Crippen molar-refractivity contribution >= 4 is 39.1 Å². The van der Waals surface area contributed by atoms with Gasteiger partial charge in [-0.2, -0.15) is 4.31 Å². The van der Waals surface area contributed by atoms with Crippen LogP contribution in [0.15, 0.2) is 59.5 Å². The van der Waals surface area contributed by atoms with Crippen LogP contribution < -0.4 is 10.6 Å². The summed E-state index contributed by atoms with van der Waals surface area (Å²) in [6, 6.07) is 14.7. The highest BCUT2D eigenvalue weighted by molar-refractivity contribution is 7.89. The third-order valence-electron chi connectivity index (χ3n) is 5.01. The second-order valence-electron chi connectivity index (χ2n) is 7.06. The highest BCUT2D eigenvalue weighted by Crippen LogP contribution is 2.26. The van der Waals surface area contributed by atoms with Gasteiger partial charge in [-0.15, -0.1) is 0 Å². The number of benzene rings is 2. The van der Waals surface area contributed by atoms with E-state index in [0.29, 0.717) is 30.1 Å². The highest BCUT2D eigenvalue weighted by Gasteiger charge is 2.33. The van der Waals surface area contributed by atoms with Gasteiger partial charge in [0.2, 0.25) is 10.0 Å². The van der Waals surface area contributed by atoms with Gasteiger partial charge < -0.3 is 10.6 Å². The number of hydrogen-bond acceptors (Lipinski definition) is 4. The number of rotatable bonds is 6. The molecule has 9 heteroatoms. The van der Waals surface area contributed by atoms with E-state index in [2.05, 4.69) is 10.6 Å². The summed E-state index contributed by atoms with van der Waals surface area (Å²) >= 11 is 5.98. The van der Waals surface area contributed by atoms with E-state index in [-0.39, 0.29) is 17.5 Å². The minimum absolute atomic E-state index is 0.195. The molecule has 0 unspecified atom stereocenters. The fourth-order valence-electron chi connectivity index (χ4n) is 3.48. The molecule has 1 fully saturated rings. The Balaban J connectivity index is 1.57. The maximum absolute atomic E-state index is 13.0. The number of carbonyl (C=O) groups excluding carboxylic acids is 2. The van der Waals surface area contributed by atoms with Crippen LogP contribution in [0, 0.1) is 0 Å². The maximum Gasteiger partial charge on any atom is 0.313 e. The zero-order valence-electron chi connectivity index (χ0n) is 16.4. The third kappa shape index (κ3) is 5.38. The average molecular weight is 450 g/mol. The first-order chi connectivity index (χ1) is 14.4. The van der Waals surface area contributed by atoms with E-state index in [1.165, 1.54) is 4.31 Å². The Morgan fingerprint density at radius 1 is 1.00 bits per heavy atom. The molecule has 2 amide bonds. The Bertz CT molecular complexity index is 998. The van der Waals surface area contributed by atoms with Gasteiger partial charge in [0.25, 0.3) is 0 Å². The number of halogens is 1. The monoisotopic (exact) mass is 449 g/mol. The van der Waals surface area contributed by atoms with Gasteiger partial charge in [-0.3, -0.25) is 9.59 Å². The molecular formula is C21H24ClN3O4S. The van der Waals surface area contributed by atoms with E-state index in [4.69, 9.17) is 11.6 Å². The first-order valence-corrected chi connectivity index (χ1v) is 11.6. The Labute approximate surface area is 181 Å². The molecule has 0 saturated carbocycles. The molecule has 1 saturated heterocycles. The Kier molecular flexibility index (Phi) is 7.47. The molecular weight excluding hydrogens is 426 g/mol. The van der Waals surface area contributed by atoms with E-state index in [0.717, 1.165) is 12.8 Å². The summed E-state index contributed by atoms with van der Waals surface area (Å²) in [7, 11) is -3.60. The summed E-state index contributed by atoms with van der Waals surface area (Å²) in [4.78, 5) is 24.4. The number of nitrogens with zero attached hydrogens (tertiary/aromatic N) is 1. The van der Waals surface area contributed by atoms with Crippen LogP contribution >= 0.6 is 11.6 Å². The lowest BCUT2D eigenvalue weighted by Crippen LogP contribution is -2.45. The molecule has 3 rings (SSSR count). The predicted octanol–water partition coefficient (Wildman–Crippen LogP) is 3.03. The van der Waals surface area contributed by atoms with Crippen LogP contribution in [-0.2, 0) is 19.6 Å². The molecule has 0 radical (unpaired) electrons. The van der Waals surface area contributed by atoms with Crippen molar-refractivity contribution < 1.29 is 18.0 Å². The number of sulfonamides is 1. The number of piperidine rings is 1. The van der Waals surface area contributed by atoms with Crippen molar-refractivity contribution in [3.63, 3.8) is 0 Å². The van der Waals surface area contributed by atoms with Gasteiger partial charge in [0.05, 0.1) is 15.6 Å². The second-order valence-corrected chi connectivity index (χ2v) is 9.35. The Morgan fingerprint density at radius 2 is 1.70 bits per heavy atom. The molecule has 0 bridgehead atoms. The summed E-state index contributed by atoms with van der Waals surface area (Å²) < 4.78 is 27.5. The Morgan fingerprint density at radius 3 is 2.43 bits per heavy atom. The van der Waals surface area contributed by atoms with Crippen molar-refractivity contribution in [3.8, 4) is 0 Å². The smallest absolute Gasteiger partial charge is 0.313 e. The highest BCUT2D eigenvalue weighted by atomic mass is 35.5. The second kappa shape index (κ2) is 10.1. The zero-order valence-corrected chi connectivity index (χ0v) is 18.0. The van der Waals surface area contributed by atoms with Crippen molar-refractivity contribution in [2.24, 2.45) is 0 Å². The van der Waals surface area contributed by atoms with Crippen molar-refractivity contribution in [1.29, 1.82) is 0 Å². The van der Waals surface area contributed by atoms with Gasteiger partial charge in [-0.05, 0) is 43.5 Å². The van der Waals surface area contributed by atoms with Crippen LogP contribution in [0.1, 0.15) is 25.7 Å². The SMILES string of the molecule is O=C(NCC[C@H]1CCCCN1S(=O)(=O)c1ccccc1)C(=O)Nc1ccccc1Cl. The number of nitrogens with one attached hydrogen (secondary N) is 2. The van der Waals surface area contributed by atoms with E-state index in [1.54, 1.807) is 54.6 Å². The van der Waals surface area contributed by atoms with E-state index in [1.807, 2.05) is 0 Å². The van der Waals surface area contributed by atoms with E-state index in [9.17, 15) is 18.0 Å². The molecule has 1 aliphatic heterocycles. The number of amides is 2. The van der Waals surface area contributed by atoms with E-state index < -0.39 is 21.8 Å². The fourth-order valence-corrected chi connectivity index (χ4v) is 5.41.